The molecule has 0 aliphatic carbocycles. The second-order valence-electron chi connectivity index (χ2n) is 3.53. The number of carbonyl (C=O) groups is 2. The van der Waals surface area contributed by atoms with Crippen LogP contribution in [0.15, 0.2) is 0 Å². The van der Waals surface area contributed by atoms with Crippen molar-refractivity contribution >= 4 is 11.9 Å². The van der Waals surface area contributed by atoms with Gasteiger partial charge in [-0.1, -0.05) is 0 Å². The first-order valence-corrected chi connectivity index (χ1v) is 4.80. The summed E-state index contributed by atoms with van der Waals surface area (Å²) >= 11 is 0. The van der Waals surface area contributed by atoms with E-state index < -0.39 is 0 Å². The minimum Gasteiger partial charge on any atom is -0.342 e. The molecule has 1 aliphatic heterocycles. The molecule has 0 aromatic rings. The van der Waals surface area contributed by atoms with Gasteiger partial charge in [-0.2, -0.15) is 0 Å². The normalized spacial score (nSPS) is 17.2. The van der Waals surface area contributed by atoms with Gasteiger partial charge in [0, 0.05) is 33.7 Å². The lowest BCUT2D eigenvalue weighted by molar-refractivity contribution is -0.133. The molecule has 3 amide bonds. The molecule has 5 heteroatoms. The molecule has 5 nitrogen and oxygen atoms in total. The van der Waals surface area contributed by atoms with Crippen LogP contribution in [0.5, 0.6) is 0 Å². The summed E-state index contributed by atoms with van der Waals surface area (Å²) in [5.41, 5.74) is 0. The van der Waals surface area contributed by atoms with Gasteiger partial charge in [-0.15, -0.1) is 0 Å². The minimum atomic E-state index is -0.0612. The quantitative estimate of drug-likeness (QED) is 0.588. The Morgan fingerprint density at radius 3 is 2.64 bits per heavy atom. The molecule has 0 N–H and O–H groups in total. The Hall–Kier alpha value is -1.26. The predicted octanol–water partition coefficient (Wildman–Crippen LogP) is -0.168. The zero-order valence-electron chi connectivity index (χ0n) is 8.99. The van der Waals surface area contributed by atoms with Crippen LogP contribution in [0.2, 0.25) is 0 Å². The van der Waals surface area contributed by atoms with Crippen LogP contribution in [0.3, 0.4) is 0 Å². The number of amides is 3. The van der Waals surface area contributed by atoms with E-state index in [2.05, 4.69) is 0 Å². The summed E-state index contributed by atoms with van der Waals surface area (Å²) in [5.74, 6) is 0.00843. The number of rotatable bonds is 1. The lowest BCUT2D eigenvalue weighted by Gasteiger charge is -2.34. The maximum atomic E-state index is 11.7. The third kappa shape index (κ3) is 2.16. The van der Waals surface area contributed by atoms with Gasteiger partial charge in [0.25, 0.3) is 0 Å². The molecule has 0 spiro atoms. The molecule has 0 radical (unpaired) electrons. The summed E-state index contributed by atoms with van der Waals surface area (Å²) in [5, 5.41) is 0. The first-order valence-electron chi connectivity index (χ1n) is 4.80. The molecule has 0 bridgehead atoms. The molecule has 14 heavy (non-hydrogen) atoms. The van der Waals surface area contributed by atoms with E-state index in [4.69, 9.17) is 0 Å². The number of carbonyl (C=O) groups excluding carboxylic acids is 2. The maximum absolute atomic E-state index is 11.7. The van der Waals surface area contributed by atoms with Crippen molar-refractivity contribution in [1.29, 1.82) is 0 Å². The summed E-state index contributed by atoms with van der Waals surface area (Å²) in [7, 11) is 3.50. The standard InChI is InChI=1S/C9H17N3O2/c1-4-10(2)9(14)12-6-5-11(3)8(13)7-12/h4-7H2,1-3H3. The highest BCUT2D eigenvalue weighted by atomic mass is 16.2. The second kappa shape index (κ2) is 4.30. The van der Waals surface area contributed by atoms with Gasteiger partial charge in [-0.05, 0) is 6.92 Å². The van der Waals surface area contributed by atoms with E-state index in [9.17, 15) is 9.59 Å². The number of hydrogen-bond donors (Lipinski definition) is 0. The van der Waals surface area contributed by atoms with E-state index in [1.54, 1.807) is 28.8 Å². The molecule has 0 unspecified atom stereocenters. The topological polar surface area (TPSA) is 43.9 Å². The first kappa shape index (κ1) is 10.8. The molecule has 1 rings (SSSR count). The largest absolute Gasteiger partial charge is 0.342 e. The monoisotopic (exact) mass is 199 g/mol. The molecule has 0 atom stereocenters. The fourth-order valence-corrected chi connectivity index (χ4v) is 1.30. The highest BCUT2D eigenvalue weighted by Crippen LogP contribution is 2.03. The van der Waals surface area contributed by atoms with Crippen molar-refractivity contribution in [2.45, 2.75) is 6.92 Å². The predicted molar refractivity (Wildman–Crippen MR) is 52.9 cm³/mol. The molecule has 1 aliphatic rings. The Kier molecular flexibility index (Phi) is 3.33. The lowest BCUT2D eigenvalue weighted by Crippen LogP contribution is -2.53. The highest BCUT2D eigenvalue weighted by molar-refractivity contribution is 5.85. The lowest BCUT2D eigenvalue weighted by atomic mass is 10.3. The SMILES string of the molecule is CCN(C)C(=O)N1CCN(C)C(=O)C1. The first-order chi connectivity index (χ1) is 6.56. The molecule has 1 heterocycles. The number of piperazine rings is 1. The van der Waals surface area contributed by atoms with Gasteiger partial charge in [-0.3, -0.25) is 4.79 Å². The zero-order valence-corrected chi connectivity index (χ0v) is 8.99. The fraction of sp³-hybridized carbons (Fsp3) is 0.778. The molecule has 0 saturated carbocycles. The van der Waals surface area contributed by atoms with Crippen LogP contribution in [0.4, 0.5) is 4.79 Å². The average molecular weight is 199 g/mol. The van der Waals surface area contributed by atoms with E-state index in [1.165, 1.54) is 0 Å². The van der Waals surface area contributed by atoms with Crippen LogP contribution in [-0.4, -0.2) is 66.9 Å². The van der Waals surface area contributed by atoms with Crippen molar-refractivity contribution in [2.24, 2.45) is 0 Å². The van der Waals surface area contributed by atoms with Gasteiger partial charge >= 0.3 is 6.03 Å². The third-order valence-electron chi connectivity index (χ3n) is 2.53. The molecule has 1 saturated heterocycles. The third-order valence-corrected chi connectivity index (χ3v) is 2.53. The van der Waals surface area contributed by atoms with Gasteiger partial charge in [0.05, 0.1) is 0 Å². The molecular formula is C9H17N3O2. The molecule has 0 aromatic carbocycles. The van der Waals surface area contributed by atoms with Crippen molar-refractivity contribution in [1.82, 2.24) is 14.7 Å². The van der Waals surface area contributed by atoms with Crippen LogP contribution in [0.25, 0.3) is 0 Å². The summed E-state index contributed by atoms with van der Waals surface area (Å²) in [6, 6.07) is -0.0612. The highest BCUT2D eigenvalue weighted by Gasteiger charge is 2.25. The van der Waals surface area contributed by atoms with Gasteiger partial charge < -0.3 is 14.7 Å². The zero-order chi connectivity index (χ0) is 10.7. The van der Waals surface area contributed by atoms with Gasteiger partial charge in [0.1, 0.15) is 6.54 Å². The van der Waals surface area contributed by atoms with Crippen LogP contribution in [-0.2, 0) is 4.79 Å². The average Bonchev–Trinajstić information content (AvgIpc) is 2.20. The number of hydrogen-bond acceptors (Lipinski definition) is 2. The Morgan fingerprint density at radius 2 is 2.14 bits per heavy atom. The van der Waals surface area contributed by atoms with Crippen LogP contribution < -0.4 is 0 Å². The van der Waals surface area contributed by atoms with E-state index >= 15 is 0 Å². The van der Waals surface area contributed by atoms with E-state index in [-0.39, 0.29) is 18.5 Å². The molecular weight excluding hydrogens is 182 g/mol. The van der Waals surface area contributed by atoms with E-state index in [0.29, 0.717) is 19.6 Å². The van der Waals surface area contributed by atoms with Crippen LogP contribution in [0, 0.1) is 0 Å². The van der Waals surface area contributed by atoms with Crippen LogP contribution >= 0.6 is 0 Å². The Labute approximate surface area is 84.3 Å². The fourth-order valence-electron chi connectivity index (χ4n) is 1.30. The van der Waals surface area contributed by atoms with E-state index in [0.717, 1.165) is 0 Å². The molecule has 80 valence electrons. The summed E-state index contributed by atoms with van der Waals surface area (Å²) in [6.45, 7) is 4.04. The van der Waals surface area contributed by atoms with Gasteiger partial charge in [0.15, 0.2) is 0 Å². The van der Waals surface area contributed by atoms with Crippen molar-refractivity contribution in [3.05, 3.63) is 0 Å². The van der Waals surface area contributed by atoms with Gasteiger partial charge in [-0.25, -0.2) is 4.79 Å². The van der Waals surface area contributed by atoms with E-state index in [1.807, 2.05) is 6.92 Å². The number of urea groups is 1. The Morgan fingerprint density at radius 1 is 1.50 bits per heavy atom. The summed E-state index contributed by atoms with van der Waals surface area (Å²) in [4.78, 5) is 27.8. The van der Waals surface area contributed by atoms with Gasteiger partial charge in [0.2, 0.25) is 5.91 Å². The Bertz CT molecular complexity index is 242. The van der Waals surface area contributed by atoms with Crippen molar-refractivity contribution in [3.8, 4) is 0 Å². The van der Waals surface area contributed by atoms with Crippen molar-refractivity contribution < 1.29 is 9.59 Å². The van der Waals surface area contributed by atoms with Crippen LogP contribution in [0.1, 0.15) is 6.92 Å². The molecule has 0 aromatic heterocycles. The number of likely N-dealkylation sites (N-methyl/N-ethyl adjacent to an activating group) is 1. The molecule has 1 fully saturated rings. The smallest absolute Gasteiger partial charge is 0.320 e. The maximum Gasteiger partial charge on any atom is 0.320 e. The summed E-state index contributed by atoms with van der Waals surface area (Å²) in [6.07, 6.45) is 0. The Balaban J connectivity index is 2.54. The number of nitrogens with zero attached hydrogens (tertiary/aromatic N) is 3. The second-order valence-corrected chi connectivity index (χ2v) is 3.53. The van der Waals surface area contributed by atoms with Crippen molar-refractivity contribution in [3.63, 3.8) is 0 Å². The minimum absolute atomic E-state index is 0.00843. The summed E-state index contributed by atoms with van der Waals surface area (Å²) < 4.78 is 0. The van der Waals surface area contributed by atoms with Crippen molar-refractivity contribution in [2.75, 3.05) is 40.3 Å².